The standard InChI is InChI=1S/C21H28N2/c1-3-21(20-11-7-8-18(2)16-20)23-14-12-22(13-15-23)17-19-9-5-4-6-10-19/h4-11,16,21H,3,12-15,17H2,1-2H3. The summed E-state index contributed by atoms with van der Waals surface area (Å²) in [5.74, 6) is 0. The predicted octanol–water partition coefficient (Wildman–Crippen LogP) is 4.26. The van der Waals surface area contributed by atoms with Crippen LogP contribution in [0.4, 0.5) is 0 Å². The summed E-state index contributed by atoms with van der Waals surface area (Å²) in [5.41, 5.74) is 4.26. The molecule has 23 heavy (non-hydrogen) atoms. The molecule has 1 aliphatic rings. The summed E-state index contributed by atoms with van der Waals surface area (Å²) >= 11 is 0. The molecule has 0 spiro atoms. The summed E-state index contributed by atoms with van der Waals surface area (Å²) in [5, 5.41) is 0. The van der Waals surface area contributed by atoms with Crippen LogP contribution < -0.4 is 0 Å². The number of hydrogen-bond donors (Lipinski definition) is 0. The van der Waals surface area contributed by atoms with E-state index >= 15 is 0 Å². The van der Waals surface area contributed by atoms with E-state index in [-0.39, 0.29) is 0 Å². The van der Waals surface area contributed by atoms with Crippen LogP contribution in [-0.4, -0.2) is 36.0 Å². The Balaban J connectivity index is 1.59. The van der Waals surface area contributed by atoms with E-state index in [0.29, 0.717) is 6.04 Å². The molecule has 2 heteroatoms. The van der Waals surface area contributed by atoms with Gasteiger partial charge in [0.05, 0.1) is 0 Å². The number of piperazine rings is 1. The average Bonchev–Trinajstić information content (AvgIpc) is 2.58. The van der Waals surface area contributed by atoms with Crippen LogP contribution in [0.3, 0.4) is 0 Å². The largest absolute Gasteiger partial charge is 0.297 e. The topological polar surface area (TPSA) is 6.48 Å². The Hall–Kier alpha value is -1.64. The van der Waals surface area contributed by atoms with Gasteiger partial charge in [-0.3, -0.25) is 9.80 Å². The van der Waals surface area contributed by atoms with E-state index in [1.54, 1.807) is 0 Å². The monoisotopic (exact) mass is 308 g/mol. The second-order valence-electron chi connectivity index (χ2n) is 6.64. The molecule has 0 bridgehead atoms. The van der Waals surface area contributed by atoms with Gasteiger partial charge in [0.25, 0.3) is 0 Å². The second-order valence-corrected chi connectivity index (χ2v) is 6.64. The Kier molecular flexibility index (Phi) is 5.47. The zero-order chi connectivity index (χ0) is 16.1. The molecule has 1 unspecified atom stereocenters. The van der Waals surface area contributed by atoms with Gasteiger partial charge in [0.15, 0.2) is 0 Å². The number of benzene rings is 2. The minimum Gasteiger partial charge on any atom is -0.297 e. The first-order valence-electron chi connectivity index (χ1n) is 8.83. The number of hydrogen-bond acceptors (Lipinski definition) is 2. The summed E-state index contributed by atoms with van der Waals surface area (Å²) in [4.78, 5) is 5.24. The smallest absolute Gasteiger partial charge is 0.0346 e. The maximum absolute atomic E-state index is 2.66. The van der Waals surface area contributed by atoms with Gasteiger partial charge in [-0.25, -0.2) is 0 Å². The normalized spacial score (nSPS) is 18.0. The Bertz CT molecular complexity index is 600. The van der Waals surface area contributed by atoms with Gasteiger partial charge in [-0.05, 0) is 24.5 Å². The molecule has 0 radical (unpaired) electrons. The highest BCUT2D eigenvalue weighted by molar-refractivity contribution is 5.25. The van der Waals surface area contributed by atoms with Gasteiger partial charge in [0, 0.05) is 38.8 Å². The molecule has 2 aromatic rings. The highest BCUT2D eigenvalue weighted by Crippen LogP contribution is 2.26. The zero-order valence-electron chi connectivity index (χ0n) is 14.4. The fourth-order valence-corrected chi connectivity index (χ4v) is 3.66. The summed E-state index contributed by atoms with van der Waals surface area (Å²) in [6.45, 7) is 10.2. The lowest BCUT2D eigenvalue weighted by Crippen LogP contribution is -2.47. The lowest BCUT2D eigenvalue weighted by atomic mass is 10.00. The summed E-state index contributed by atoms with van der Waals surface area (Å²) < 4.78 is 0. The maximum Gasteiger partial charge on any atom is 0.0346 e. The third-order valence-corrected chi connectivity index (χ3v) is 4.91. The Morgan fingerprint density at radius 2 is 1.65 bits per heavy atom. The molecule has 1 heterocycles. The minimum absolute atomic E-state index is 0.564. The first-order valence-corrected chi connectivity index (χ1v) is 8.83. The van der Waals surface area contributed by atoms with Crippen LogP contribution in [0.1, 0.15) is 36.1 Å². The van der Waals surface area contributed by atoms with Gasteiger partial charge in [0.1, 0.15) is 0 Å². The number of nitrogens with zero attached hydrogens (tertiary/aromatic N) is 2. The molecule has 122 valence electrons. The molecule has 0 aliphatic carbocycles. The molecule has 0 saturated carbocycles. The van der Waals surface area contributed by atoms with Crippen molar-refractivity contribution in [3.8, 4) is 0 Å². The van der Waals surface area contributed by atoms with Crippen LogP contribution >= 0.6 is 0 Å². The highest BCUT2D eigenvalue weighted by Gasteiger charge is 2.23. The van der Waals surface area contributed by atoms with Gasteiger partial charge in [-0.15, -0.1) is 0 Å². The second kappa shape index (κ2) is 7.76. The van der Waals surface area contributed by atoms with Crippen molar-refractivity contribution in [1.29, 1.82) is 0 Å². The van der Waals surface area contributed by atoms with Gasteiger partial charge in [-0.2, -0.15) is 0 Å². The third-order valence-electron chi connectivity index (χ3n) is 4.91. The third kappa shape index (κ3) is 4.21. The molecule has 1 aliphatic heterocycles. The Morgan fingerprint density at radius 3 is 2.30 bits per heavy atom. The van der Waals surface area contributed by atoms with E-state index in [1.165, 1.54) is 36.2 Å². The van der Waals surface area contributed by atoms with Crippen molar-refractivity contribution in [1.82, 2.24) is 9.80 Å². The van der Waals surface area contributed by atoms with E-state index in [1.807, 2.05) is 0 Å². The van der Waals surface area contributed by atoms with Crippen molar-refractivity contribution in [2.24, 2.45) is 0 Å². The summed E-state index contributed by atoms with van der Waals surface area (Å²) in [6.07, 6.45) is 1.18. The molecule has 2 aromatic carbocycles. The molecule has 0 amide bonds. The first kappa shape index (κ1) is 16.2. The molecular weight excluding hydrogens is 280 g/mol. The molecule has 1 saturated heterocycles. The van der Waals surface area contributed by atoms with Gasteiger partial charge in [0.2, 0.25) is 0 Å². The molecule has 3 rings (SSSR count). The van der Waals surface area contributed by atoms with Gasteiger partial charge < -0.3 is 0 Å². The van der Waals surface area contributed by atoms with E-state index in [0.717, 1.165) is 19.6 Å². The molecule has 1 atom stereocenters. The molecule has 0 aromatic heterocycles. The van der Waals surface area contributed by atoms with Gasteiger partial charge in [-0.1, -0.05) is 67.1 Å². The zero-order valence-corrected chi connectivity index (χ0v) is 14.4. The fourth-order valence-electron chi connectivity index (χ4n) is 3.66. The molecule has 2 nitrogen and oxygen atoms in total. The Morgan fingerprint density at radius 1 is 0.913 bits per heavy atom. The first-order chi connectivity index (χ1) is 11.3. The minimum atomic E-state index is 0.564. The van der Waals surface area contributed by atoms with E-state index in [2.05, 4.69) is 78.2 Å². The van der Waals surface area contributed by atoms with Crippen LogP contribution in [-0.2, 0) is 6.54 Å². The van der Waals surface area contributed by atoms with Crippen LogP contribution in [0, 0.1) is 6.92 Å². The summed E-state index contributed by atoms with van der Waals surface area (Å²) in [7, 11) is 0. The van der Waals surface area contributed by atoms with Gasteiger partial charge >= 0.3 is 0 Å². The van der Waals surface area contributed by atoms with Crippen molar-refractivity contribution in [2.75, 3.05) is 26.2 Å². The number of aryl methyl sites for hydroxylation is 1. The van der Waals surface area contributed by atoms with Crippen molar-refractivity contribution < 1.29 is 0 Å². The lowest BCUT2D eigenvalue weighted by Gasteiger charge is -2.39. The summed E-state index contributed by atoms with van der Waals surface area (Å²) in [6, 6.07) is 20.4. The van der Waals surface area contributed by atoms with E-state index in [4.69, 9.17) is 0 Å². The number of rotatable bonds is 5. The van der Waals surface area contributed by atoms with Crippen LogP contribution in [0.5, 0.6) is 0 Å². The quantitative estimate of drug-likeness (QED) is 0.814. The van der Waals surface area contributed by atoms with E-state index in [9.17, 15) is 0 Å². The van der Waals surface area contributed by atoms with Crippen molar-refractivity contribution in [3.05, 3.63) is 71.3 Å². The van der Waals surface area contributed by atoms with Crippen LogP contribution in [0.25, 0.3) is 0 Å². The SMILES string of the molecule is CCC(c1cccc(C)c1)N1CCN(Cc2ccccc2)CC1. The van der Waals surface area contributed by atoms with Crippen molar-refractivity contribution >= 4 is 0 Å². The highest BCUT2D eigenvalue weighted by atomic mass is 15.3. The average molecular weight is 308 g/mol. The van der Waals surface area contributed by atoms with E-state index < -0.39 is 0 Å². The van der Waals surface area contributed by atoms with Crippen molar-refractivity contribution in [3.63, 3.8) is 0 Å². The van der Waals surface area contributed by atoms with Crippen LogP contribution in [0.15, 0.2) is 54.6 Å². The molecule has 1 fully saturated rings. The molecule has 0 N–H and O–H groups in total. The fraction of sp³-hybridized carbons (Fsp3) is 0.429. The van der Waals surface area contributed by atoms with Crippen molar-refractivity contribution in [2.45, 2.75) is 32.9 Å². The van der Waals surface area contributed by atoms with Crippen LogP contribution in [0.2, 0.25) is 0 Å². The lowest BCUT2D eigenvalue weighted by molar-refractivity contribution is 0.0896. The predicted molar refractivity (Wildman–Crippen MR) is 97.5 cm³/mol. The Labute approximate surface area is 140 Å². The molecular formula is C21H28N2. The maximum atomic E-state index is 2.66.